The lowest BCUT2D eigenvalue weighted by Crippen LogP contribution is -2.62. The molecule has 23 heteroatoms. The second-order valence-electron chi connectivity index (χ2n) is 12.5. The van der Waals surface area contributed by atoms with Gasteiger partial charge in [-0.3, -0.25) is 28.3 Å². The van der Waals surface area contributed by atoms with Crippen LogP contribution in [0.5, 0.6) is 0 Å². The number of rotatable bonds is 8. The summed E-state index contributed by atoms with van der Waals surface area (Å²) in [7, 11) is -4.67. The van der Waals surface area contributed by atoms with Crippen LogP contribution >= 0.6 is 0 Å². The number of likely N-dealkylation sites (tertiary alicyclic amines) is 1. The molecule has 2 aromatic rings. The van der Waals surface area contributed by atoms with E-state index in [2.05, 4.69) is 26.6 Å². The van der Waals surface area contributed by atoms with Crippen LogP contribution in [0.3, 0.4) is 0 Å². The average Bonchev–Trinajstić information content (AvgIpc) is 3.00. The zero-order chi connectivity index (χ0) is 41.1. The highest BCUT2D eigenvalue weighted by Gasteiger charge is 2.35. The van der Waals surface area contributed by atoms with E-state index in [4.69, 9.17) is 22.3 Å². The fourth-order valence-electron chi connectivity index (χ4n) is 4.19. The summed E-state index contributed by atoms with van der Waals surface area (Å²) in [6.07, 6.45) is -9.54. The van der Waals surface area contributed by atoms with Gasteiger partial charge in [0.2, 0.25) is 11.8 Å². The minimum Gasteiger partial charge on any atom is -0.444 e. The number of amides is 5. The summed E-state index contributed by atoms with van der Waals surface area (Å²) in [5.74, 6) is -2.38. The Balaban J connectivity index is 0.000000342. The molecule has 7 N–H and O–H groups in total. The number of carbonyl (C=O) groups is 5. The van der Waals surface area contributed by atoms with Crippen LogP contribution in [0.1, 0.15) is 52.6 Å². The van der Waals surface area contributed by atoms with Crippen LogP contribution in [0.15, 0.2) is 48.5 Å². The smallest absolute Gasteiger partial charge is 0.416 e. The molecule has 0 aromatic heterocycles. The lowest BCUT2D eigenvalue weighted by molar-refractivity contribution is -0.138. The first kappa shape index (κ1) is 45.2. The van der Waals surface area contributed by atoms with Crippen LogP contribution in [0.4, 0.5) is 31.1 Å². The van der Waals surface area contributed by atoms with Crippen LogP contribution < -0.4 is 26.6 Å². The molecule has 2 fully saturated rings. The third-order valence-electron chi connectivity index (χ3n) is 6.77. The predicted molar refractivity (Wildman–Crippen MR) is 176 cm³/mol. The first-order chi connectivity index (χ1) is 24.7. The van der Waals surface area contributed by atoms with Crippen molar-refractivity contribution >= 4 is 40.1 Å². The minimum atomic E-state index is -4.67. The van der Waals surface area contributed by atoms with E-state index in [-0.39, 0.29) is 48.8 Å². The van der Waals surface area contributed by atoms with E-state index in [1.165, 1.54) is 17.0 Å². The molecule has 2 aromatic carbocycles. The quantitative estimate of drug-likeness (QED) is 0.151. The van der Waals surface area contributed by atoms with Gasteiger partial charge in [0, 0.05) is 37.3 Å². The van der Waals surface area contributed by atoms with Crippen molar-refractivity contribution in [1.29, 1.82) is 0 Å². The number of benzene rings is 2. The van der Waals surface area contributed by atoms with Crippen molar-refractivity contribution in [2.75, 3.05) is 39.3 Å². The highest BCUT2D eigenvalue weighted by molar-refractivity contribution is 7.79. The normalized spacial score (nSPS) is 14.7. The molecule has 0 bridgehead atoms. The largest absolute Gasteiger partial charge is 0.444 e. The highest BCUT2D eigenvalue weighted by atomic mass is 32.3. The van der Waals surface area contributed by atoms with Crippen molar-refractivity contribution in [2.24, 2.45) is 0 Å². The summed E-state index contributed by atoms with van der Waals surface area (Å²) < 4.78 is 112. The molecule has 0 aliphatic carbocycles. The molecule has 0 saturated carbocycles. The summed E-state index contributed by atoms with van der Waals surface area (Å²) in [6, 6.07) is 7.75. The summed E-state index contributed by atoms with van der Waals surface area (Å²) in [5.41, 5.74) is -2.79. The van der Waals surface area contributed by atoms with Crippen LogP contribution in [0.2, 0.25) is 0 Å². The Kier molecular flexibility index (Phi) is 15.8. The van der Waals surface area contributed by atoms with Crippen LogP contribution in [0, 0.1) is 0 Å². The van der Waals surface area contributed by atoms with Gasteiger partial charge in [0.1, 0.15) is 5.60 Å². The van der Waals surface area contributed by atoms with Crippen molar-refractivity contribution in [2.45, 2.75) is 50.8 Å². The Morgan fingerprint density at radius 1 is 0.759 bits per heavy atom. The lowest BCUT2D eigenvalue weighted by Gasteiger charge is -2.39. The monoisotopic (exact) mass is 800 g/mol. The van der Waals surface area contributed by atoms with Gasteiger partial charge in [-0.1, -0.05) is 12.1 Å². The molecular formula is C31H38F6N6O10S. The molecule has 2 heterocycles. The molecule has 300 valence electrons. The van der Waals surface area contributed by atoms with E-state index in [0.29, 0.717) is 13.1 Å². The Labute approximate surface area is 304 Å². The molecule has 0 unspecified atom stereocenters. The number of alkyl halides is 6. The number of hydrogen-bond donors (Lipinski definition) is 7. The molecule has 2 saturated heterocycles. The number of hydrogen-bond acceptors (Lipinski definition) is 9. The van der Waals surface area contributed by atoms with Crippen molar-refractivity contribution in [3.05, 3.63) is 70.8 Å². The summed E-state index contributed by atoms with van der Waals surface area (Å²) in [5, 5.41) is 12.8. The predicted octanol–water partition coefficient (Wildman–Crippen LogP) is 2.04. The van der Waals surface area contributed by atoms with Gasteiger partial charge in [0.05, 0.1) is 36.3 Å². The maximum absolute atomic E-state index is 12.7. The van der Waals surface area contributed by atoms with E-state index >= 15 is 0 Å². The summed E-state index contributed by atoms with van der Waals surface area (Å²) in [6.45, 7) is 6.49. The van der Waals surface area contributed by atoms with Crippen LogP contribution in [0.25, 0.3) is 0 Å². The molecule has 16 nitrogen and oxygen atoms in total. The molecule has 2 aliphatic rings. The Hall–Kier alpha value is -5.00. The second-order valence-corrected chi connectivity index (χ2v) is 13.4. The highest BCUT2D eigenvalue weighted by Crippen LogP contribution is 2.30. The molecule has 0 atom stereocenters. The van der Waals surface area contributed by atoms with Crippen LogP contribution in [-0.2, 0) is 37.1 Å². The maximum atomic E-state index is 12.7. The Morgan fingerprint density at radius 3 is 1.48 bits per heavy atom. The van der Waals surface area contributed by atoms with Gasteiger partial charge in [-0.2, -0.15) is 34.8 Å². The fourth-order valence-corrected chi connectivity index (χ4v) is 4.19. The topological polar surface area (TPSA) is 233 Å². The number of halogens is 6. The van der Waals surface area contributed by atoms with Gasteiger partial charge < -0.3 is 36.2 Å². The Morgan fingerprint density at radius 2 is 1.15 bits per heavy atom. The summed E-state index contributed by atoms with van der Waals surface area (Å²) >= 11 is 0. The molecule has 4 rings (SSSR count). The zero-order valence-corrected chi connectivity index (χ0v) is 29.6. The van der Waals surface area contributed by atoms with Gasteiger partial charge in [-0.25, -0.2) is 4.79 Å². The van der Waals surface area contributed by atoms with E-state index in [1.54, 1.807) is 20.8 Å². The second kappa shape index (κ2) is 18.9. The number of nitrogens with one attached hydrogen (secondary N) is 5. The van der Waals surface area contributed by atoms with Gasteiger partial charge in [0.15, 0.2) is 0 Å². The SMILES string of the molecule is CC(C)(C)OC(=O)N1CC(NC(=O)CNC(=O)c2cccc(C(F)(F)F)c2)C1.O=C(CNC(=O)c1cccc(C(F)(F)F)c1)NC1CNC1.O=S(=O)(O)O. The third kappa shape index (κ3) is 17.2. The maximum Gasteiger partial charge on any atom is 0.416 e. The fraction of sp³-hybridized carbons (Fsp3) is 0.452. The van der Waals surface area contributed by atoms with Crippen molar-refractivity contribution in [1.82, 2.24) is 31.5 Å². The first-order valence-electron chi connectivity index (χ1n) is 15.6. The van der Waals surface area contributed by atoms with Crippen molar-refractivity contribution < 1.29 is 72.6 Å². The van der Waals surface area contributed by atoms with E-state index in [9.17, 15) is 50.3 Å². The van der Waals surface area contributed by atoms with Gasteiger partial charge in [-0.05, 0) is 57.2 Å². The van der Waals surface area contributed by atoms with Crippen molar-refractivity contribution in [3.63, 3.8) is 0 Å². The number of carbonyl (C=O) groups excluding carboxylic acids is 5. The molecule has 0 radical (unpaired) electrons. The summed E-state index contributed by atoms with van der Waals surface area (Å²) in [4.78, 5) is 60.2. The van der Waals surface area contributed by atoms with Gasteiger partial charge in [0.25, 0.3) is 11.8 Å². The lowest BCUT2D eigenvalue weighted by atomic mass is 10.1. The van der Waals surface area contributed by atoms with Crippen molar-refractivity contribution in [3.8, 4) is 0 Å². The van der Waals surface area contributed by atoms with Crippen LogP contribution in [-0.4, -0.2) is 109 Å². The molecule has 0 spiro atoms. The molecule has 5 amide bonds. The standard InChI is InChI=1S/C18H22F3N3O4.C13H14F3N3O2.H2O4S/c1-17(2,3)28-16(27)24-9-13(10-24)23-14(25)8-22-15(26)11-5-4-6-12(7-11)18(19,20)21;14-13(15,16)9-3-1-2-8(4-9)12(21)18-7-11(20)19-10-5-17-6-10;1-5(2,3)4/h4-7,13H,8-10H2,1-3H3,(H,22,26)(H,23,25);1-4,10,17H,5-7H2,(H,18,21)(H,19,20);(H2,1,2,3,4). The zero-order valence-electron chi connectivity index (χ0n) is 28.8. The average molecular weight is 801 g/mol. The van der Waals surface area contributed by atoms with Gasteiger partial charge in [-0.15, -0.1) is 0 Å². The number of ether oxygens (including phenoxy) is 1. The Bertz CT molecular complexity index is 1750. The van der Waals surface area contributed by atoms with Gasteiger partial charge >= 0.3 is 28.8 Å². The molecular weight excluding hydrogens is 762 g/mol. The van der Waals surface area contributed by atoms with E-state index in [1.807, 2.05) is 0 Å². The first-order valence-corrected chi connectivity index (χ1v) is 17.0. The third-order valence-corrected chi connectivity index (χ3v) is 6.77. The molecule has 2 aliphatic heterocycles. The van der Waals surface area contributed by atoms with E-state index < -0.39 is 69.8 Å². The molecule has 54 heavy (non-hydrogen) atoms. The van der Waals surface area contributed by atoms with E-state index in [0.717, 1.165) is 36.4 Å². The minimum absolute atomic E-state index is 0.0444. The number of nitrogens with zero attached hydrogens (tertiary/aromatic N) is 1.